The molecule has 0 saturated carbocycles. The highest BCUT2D eigenvalue weighted by atomic mass is 35.5. The lowest BCUT2D eigenvalue weighted by Crippen LogP contribution is -2.03. The lowest BCUT2D eigenvalue weighted by Gasteiger charge is -2.11. The summed E-state index contributed by atoms with van der Waals surface area (Å²) in [6, 6.07) is 16.5. The number of benzene rings is 2. The van der Waals surface area contributed by atoms with Gasteiger partial charge in [0.25, 0.3) is 0 Å². The number of sulfone groups is 1. The number of halogens is 1. The molecule has 100 valence electrons. The van der Waals surface area contributed by atoms with E-state index in [9.17, 15) is 8.42 Å². The van der Waals surface area contributed by atoms with Crippen molar-refractivity contribution < 1.29 is 8.42 Å². The van der Waals surface area contributed by atoms with Crippen LogP contribution in [0.3, 0.4) is 0 Å². The molecule has 0 radical (unpaired) electrons. The first-order chi connectivity index (χ1) is 9.04. The molecule has 2 rings (SSSR count). The van der Waals surface area contributed by atoms with Crippen LogP contribution in [0.2, 0.25) is 0 Å². The fraction of sp³-hybridized carbons (Fsp3) is 0.200. The smallest absolute Gasteiger partial charge is 0.178 e. The largest absolute Gasteiger partial charge is 0.224 e. The van der Waals surface area contributed by atoms with Gasteiger partial charge in [-0.1, -0.05) is 49.4 Å². The molecule has 2 aromatic rings. The molecule has 0 aliphatic heterocycles. The van der Waals surface area contributed by atoms with Crippen molar-refractivity contribution in [2.75, 3.05) is 5.75 Å². The second-order valence-electron chi connectivity index (χ2n) is 4.25. The highest BCUT2D eigenvalue weighted by molar-refractivity contribution is 7.91. The third-order valence-corrected chi connectivity index (χ3v) is 5.26. The van der Waals surface area contributed by atoms with Crippen LogP contribution in [-0.2, 0) is 9.84 Å². The zero-order valence-corrected chi connectivity index (χ0v) is 12.2. The molecule has 2 nitrogen and oxygen atoms in total. The van der Waals surface area contributed by atoms with Crippen molar-refractivity contribution in [3.05, 3.63) is 65.7 Å². The maximum atomic E-state index is 11.7. The fourth-order valence-corrected chi connectivity index (χ4v) is 3.00. The average molecular weight is 295 g/mol. The normalized spacial score (nSPS) is 13.2. The van der Waals surface area contributed by atoms with Crippen LogP contribution >= 0.6 is 11.6 Å². The number of hydrogen-bond donors (Lipinski definition) is 0. The van der Waals surface area contributed by atoms with E-state index >= 15 is 0 Å². The molecule has 0 aliphatic rings. The second-order valence-corrected chi connectivity index (χ2v) is 6.96. The summed E-state index contributed by atoms with van der Waals surface area (Å²) >= 11 is 6.38. The van der Waals surface area contributed by atoms with Gasteiger partial charge in [-0.2, -0.15) is 0 Å². The molecular weight excluding hydrogens is 280 g/mol. The average Bonchev–Trinajstić information content (AvgIpc) is 2.47. The topological polar surface area (TPSA) is 34.1 Å². The quantitative estimate of drug-likeness (QED) is 0.804. The third-order valence-electron chi connectivity index (χ3n) is 3.00. The first-order valence-electron chi connectivity index (χ1n) is 6.06. The Balaban J connectivity index is 2.29. The summed E-state index contributed by atoms with van der Waals surface area (Å²) in [5, 5.41) is -0.264. The van der Waals surface area contributed by atoms with Crippen LogP contribution in [0.4, 0.5) is 0 Å². The second kappa shape index (κ2) is 5.76. The summed E-state index contributed by atoms with van der Waals surface area (Å²) in [5.74, 6) is 0.106. The number of alkyl halides is 1. The summed E-state index contributed by atoms with van der Waals surface area (Å²) < 4.78 is 23.4. The van der Waals surface area contributed by atoms with Crippen LogP contribution in [0.25, 0.3) is 0 Å². The molecule has 1 atom stereocenters. The molecule has 0 amide bonds. The Kier molecular flexibility index (Phi) is 4.27. The molecule has 0 aromatic heterocycles. The zero-order chi connectivity index (χ0) is 13.9. The SMILES string of the molecule is CCS(=O)(=O)c1ccc([C@H](Cl)c2ccccc2)cc1. The van der Waals surface area contributed by atoms with Gasteiger partial charge in [0.15, 0.2) is 9.84 Å². The van der Waals surface area contributed by atoms with E-state index in [0.29, 0.717) is 4.90 Å². The van der Waals surface area contributed by atoms with E-state index in [2.05, 4.69) is 0 Å². The van der Waals surface area contributed by atoms with E-state index in [1.807, 2.05) is 30.3 Å². The Hall–Kier alpha value is -1.32. The van der Waals surface area contributed by atoms with Gasteiger partial charge >= 0.3 is 0 Å². The predicted octanol–water partition coefficient (Wildman–Crippen LogP) is 3.81. The highest BCUT2D eigenvalue weighted by Crippen LogP contribution is 2.29. The summed E-state index contributed by atoms with van der Waals surface area (Å²) in [6.45, 7) is 1.64. The van der Waals surface area contributed by atoms with E-state index in [-0.39, 0.29) is 11.1 Å². The molecule has 0 unspecified atom stereocenters. The van der Waals surface area contributed by atoms with Crippen LogP contribution in [0, 0.1) is 0 Å². The fourth-order valence-electron chi connectivity index (χ4n) is 1.83. The van der Waals surface area contributed by atoms with Gasteiger partial charge in [-0.25, -0.2) is 8.42 Å². The van der Waals surface area contributed by atoms with Crippen molar-refractivity contribution in [3.63, 3.8) is 0 Å². The molecule has 0 fully saturated rings. The molecule has 19 heavy (non-hydrogen) atoms. The van der Waals surface area contributed by atoms with Crippen LogP contribution < -0.4 is 0 Å². The molecule has 4 heteroatoms. The Morgan fingerprint density at radius 3 is 2.00 bits per heavy atom. The van der Waals surface area contributed by atoms with Crippen molar-refractivity contribution in [1.29, 1.82) is 0 Å². The molecule has 0 N–H and O–H groups in total. The molecule has 0 spiro atoms. The van der Waals surface area contributed by atoms with Crippen molar-refractivity contribution in [1.82, 2.24) is 0 Å². The lowest BCUT2D eigenvalue weighted by molar-refractivity contribution is 0.597. The van der Waals surface area contributed by atoms with Crippen molar-refractivity contribution in [2.45, 2.75) is 17.2 Å². The van der Waals surface area contributed by atoms with E-state index in [4.69, 9.17) is 11.6 Å². The first-order valence-corrected chi connectivity index (χ1v) is 8.15. The van der Waals surface area contributed by atoms with Gasteiger partial charge in [0.1, 0.15) is 0 Å². The Labute approximate surface area is 119 Å². The van der Waals surface area contributed by atoms with Gasteiger partial charge in [0.05, 0.1) is 16.0 Å². The summed E-state index contributed by atoms with van der Waals surface area (Å²) in [7, 11) is -3.15. The van der Waals surface area contributed by atoms with Crippen LogP contribution in [0.1, 0.15) is 23.4 Å². The highest BCUT2D eigenvalue weighted by Gasteiger charge is 2.14. The summed E-state index contributed by atoms with van der Waals surface area (Å²) in [4.78, 5) is 0.343. The minimum Gasteiger partial charge on any atom is -0.224 e. The van der Waals surface area contributed by atoms with E-state index in [1.165, 1.54) is 0 Å². The monoisotopic (exact) mass is 294 g/mol. The van der Waals surface area contributed by atoms with Crippen molar-refractivity contribution in [2.24, 2.45) is 0 Å². The van der Waals surface area contributed by atoms with Gasteiger partial charge < -0.3 is 0 Å². The third kappa shape index (κ3) is 3.17. The molecule has 2 aromatic carbocycles. The van der Waals surface area contributed by atoms with Crippen LogP contribution in [0.5, 0.6) is 0 Å². The Bertz CT molecular complexity index is 634. The molecular formula is C15H15ClO2S. The molecule has 0 aliphatic carbocycles. The maximum absolute atomic E-state index is 11.7. The van der Waals surface area contributed by atoms with Crippen molar-refractivity contribution >= 4 is 21.4 Å². The summed E-state index contributed by atoms with van der Waals surface area (Å²) in [6.07, 6.45) is 0. The maximum Gasteiger partial charge on any atom is 0.178 e. The first kappa shape index (κ1) is 14.1. The van der Waals surface area contributed by atoms with E-state index < -0.39 is 9.84 Å². The molecule has 0 saturated heterocycles. The molecule has 0 heterocycles. The Morgan fingerprint density at radius 1 is 0.947 bits per heavy atom. The summed E-state index contributed by atoms with van der Waals surface area (Å²) in [5.41, 5.74) is 1.89. The minimum absolute atomic E-state index is 0.106. The van der Waals surface area contributed by atoms with Gasteiger partial charge in [-0.15, -0.1) is 11.6 Å². The van der Waals surface area contributed by atoms with Gasteiger partial charge in [-0.3, -0.25) is 0 Å². The standard InChI is InChI=1S/C15H15ClO2S/c1-2-19(17,18)14-10-8-13(9-11-14)15(16)12-6-4-3-5-7-12/h3-11,15H,2H2,1H3/t15-/m1/s1. The van der Waals surface area contributed by atoms with Crippen LogP contribution in [0.15, 0.2) is 59.5 Å². The van der Waals surface area contributed by atoms with Crippen LogP contribution in [-0.4, -0.2) is 14.2 Å². The van der Waals surface area contributed by atoms with Crippen molar-refractivity contribution in [3.8, 4) is 0 Å². The Morgan fingerprint density at radius 2 is 1.47 bits per heavy atom. The van der Waals surface area contributed by atoms with Gasteiger partial charge in [0.2, 0.25) is 0 Å². The number of rotatable bonds is 4. The number of hydrogen-bond acceptors (Lipinski definition) is 2. The molecule has 0 bridgehead atoms. The van der Waals surface area contributed by atoms with Gasteiger partial charge in [0, 0.05) is 0 Å². The van der Waals surface area contributed by atoms with E-state index in [1.54, 1.807) is 31.2 Å². The lowest BCUT2D eigenvalue weighted by atomic mass is 10.0. The minimum atomic E-state index is -3.15. The van der Waals surface area contributed by atoms with E-state index in [0.717, 1.165) is 11.1 Å². The zero-order valence-electron chi connectivity index (χ0n) is 10.6. The van der Waals surface area contributed by atoms with Gasteiger partial charge in [-0.05, 0) is 23.3 Å². The predicted molar refractivity (Wildman–Crippen MR) is 78.3 cm³/mol.